The molecule has 15 heavy (non-hydrogen) atoms. The van der Waals surface area contributed by atoms with E-state index in [1.165, 1.54) is 0 Å². The van der Waals surface area contributed by atoms with Crippen LogP contribution in [0, 0.1) is 0 Å². The van der Waals surface area contributed by atoms with Crippen LogP contribution in [0.4, 0.5) is 5.82 Å². The molecule has 0 aliphatic heterocycles. The van der Waals surface area contributed by atoms with Crippen LogP contribution in [0.1, 0.15) is 12.6 Å². The van der Waals surface area contributed by atoms with Crippen molar-refractivity contribution >= 4 is 5.82 Å². The number of anilines is 1. The van der Waals surface area contributed by atoms with Crippen molar-refractivity contribution in [1.29, 1.82) is 0 Å². The Kier molecular flexibility index (Phi) is 5.65. The van der Waals surface area contributed by atoms with Crippen molar-refractivity contribution in [1.82, 2.24) is 15.3 Å². The summed E-state index contributed by atoms with van der Waals surface area (Å²) >= 11 is 0. The highest BCUT2D eigenvalue weighted by atomic mass is 16.5. The zero-order chi connectivity index (χ0) is 10.9. The molecule has 0 saturated carbocycles. The molecule has 0 radical (unpaired) electrons. The lowest BCUT2D eigenvalue weighted by molar-refractivity contribution is 0.210. The molecule has 0 saturated heterocycles. The number of ether oxygens (including phenoxy) is 1. The number of hydrogen-bond acceptors (Lipinski definition) is 5. The van der Waals surface area contributed by atoms with E-state index in [9.17, 15) is 0 Å². The van der Waals surface area contributed by atoms with Crippen molar-refractivity contribution in [2.75, 3.05) is 32.1 Å². The van der Waals surface area contributed by atoms with Crippen LogP contribution >= 0.6 is 0 Å². The standard InChI is InChI=1S/C10H18N4O/c1-3-11-6-9-7-14-10(8-13-9)12-4-5-15-2/h7-8,11H,3-6H2,1-2H3,(H,12,14). The summed E-state index contributed by atoms with van der Waals surface area (Å²) in [6.07, 6.45) is 3.51. The monoisotopic (exact) mass is 210 g/mol. The van der Waals surface area contributed by atoms with Crippen molar-refractivity contribution in [2.24, 2.45) is 0 Å². The molecular weight excluding hydrogens is 192 g/mol. The van der Waals surface area contributed by atoms with Gasteiger partial charge in [-0.25, -0.2) is 4.98 Å². The average Bonchev–Trinajstić information content (AvgIpc) is 2.28. The Bertz CT molecular complexity index is 263. The predicted molar refractivity (Wildman–Crippen MR) is 59.8 cm³/mol. The molecule has 84 valence electrons. The number of nitrogens with one attached hydrogen (secondary N) is 2. The first kappa shape index (κ1) is 11.9. The molecule has 5 heteroatoms. The first-order valence-electron chi connectivity index (χ1n) is 5.11. The molecule has 1 aromatic rings. The number of hydrogen-bond donors (Lipinski definition) is 2. The lowest BCUT2D eigenvalue weighted by atomic mass is 10.4. The van der Waals surface area contributed by atoms with Crippen molar-refractivity contribution in [3.8, 4) is 0 Å². The summed E-state index contributed by atoms with van der Waals surface area (Å²) in [6.45, 7) is 5.18. The summed E-state index contributed by atoms with van der Waals surface area (Å²) in [5.74, 6) is 0.785. The van der Waals surface area contributed by atoms with Gasteiger partial charge in [-0.3, -0.25) is 4.98 Å². The first-order chi connectivity index (χ1) is 7.36. The number of rotatable bonds is 7. The van der Waals surface area contributed by atoms with E-state index in [4.69, 9.17) is 4.74 Å². The number of methoxy groups -OCH3 is 1. The lowest BCUT2D eigenvalue weighted by Crippen LogP contribution is -2.14. The van der Waals surface area contributed by atoms with Crippen LogP contribution in [0.3, 0.4) is 0 Å². The van der Waals surface area contributed by atoms with Gasteiger partial charge in [-0.15, -0.1) is 0 Å². The zero-order valence-electron chi connectivity index (χ0n) is 9.29. The fourth-order valence-electron chi connectivity index (χ4n) is 1.07. The van der Waals surface area contributed by atoms with Crippen LogP contribution in [0.5, 0.6) is 0 Å². The Morgan fingerprint density at radius 1 is 1.33 bits per heavy atom. The number of nitrogens with zero attached hydrogens (tertiary/aromatic N) is 2. The van der Waals surface area contributed by atoms with Crippen LogP contribution < -0.4 is 10.6 Å². The third kappa shape index (κ3) is 4.71. The second-order valence-corrected chi connectivity index (χ2v) is 3.09. The Labute approximate surface area is 90.3 Å². The van der Waals surface area contributed by atoms with E-state index < -0.39 is 0 Å². The molecule has 0 fully saturated rings. The second-order valence-electron chi connectivity index (χ2n) is 3.09. The van der Waals surface area contributed by atoms with Gasteiger partial charge in [0.2, 0.25) is 0 Å². The maximum Gasteiger partial charge on any atom is 0.144 e. The molecule has 1 heterocycles. The van der Waals surface area contributed by atoms with Crippen LogP contribution in [-0.4, -0.2) is 36.8 Å². The SMILES string of the molecule is CCNCc1cnc(NCCOC)cn1. The molecule has 0 spiro atoms. The molecule has 0 amide bonds. The normalized spacial score (nSPS) is 10.3. The van der Waals surface area contributed by atoms with Gasteiger partial charge in [0, 0.05) is 20.2 Å². The van der Waals surface area contributed by atoms with Crippen LogP contribution in [0.25, 0.3) is 0 Å². The molecule has 0 aliphatic carbocycles. The molecule has 2 N–H and O–H groups in total. The molecule has 1 aromatic heterocycles. The van der Waals surface area contributed by atoms with E-state index in [-0.39, 0.29) is 0 Å². The summed E-state index contributed by atoms with van der Waals surface area (Å²) in [5.41, 5.74) is 0.953. The fraction of sp³-hybridized carbons (Fsp3) is 0.600. The van der Waals surface area contributed by atoms with E-state index in [2.05, 4.69) is 27.5 Å². The van der Waals surface area contributed by atoms with Gasteiger partial charge in [0.05, 0.1) is 24.7 Å². The second kappa shape index (κ2) is 7.14. The fourth-order valence-corrected chi connectivity index (χ4v) is 1.07. The van der Waals surface area contributed by atoms with Gasteiger partial charge in [0.1, 0.15) is 5.82 Å². The average molecular weight is 210 g/mol. The highest BCUT2D eigenvalue weighted by molar-refractivity contribution is 5.30. The third-order valence-electron chi connectivity index (χ3n) is 1.87. The molecular formula is C10H18N4O. The van der Waals surface area contributed by atoms with Gasteiger partial charge in [0.25, 0.3) is 0 Å². The molecule has 0 aliphatic rings. The Morgan fingerprint density at radius 3 is 2.80 bits per heavy atom. The minimum absolute atomic E-state index is 0.667. The Hall–Kier alpha value is -1.20. The smallest absolute Gasteiger partial charge is 0.144 e. The minimum atomic E-state index is 0.667. The quantitative estimate of drug-likeness (QED) is 0.647. The van der Waals surface area contributed by atoms with E-state index in [0.717, 1.165) is 31.1 Å². The van der Waals surface area contributed by atoms with E-state index in [1.807, 2.05) is 0 Å². The molecule has 1 rings (SSSR count). The summed E-state index contributed by atoms with van der Waals surface area (Å²) in [6, 6.07) is 0. The van der Waals surface area contributed by atoms with Gasteiger partial charge >= 0.3 is 0 Å². The topological polar surface area (TPSA) is 59.1 Å². The zero-order valence-corrected chi connectivity index (χ0v) is 9.29. The molecule has 0 unspecified atom stereocenters. The molecule has 5 nitrogen and oxygen atoms in total. The van der Waals surface area contributed by atoms with Gasteiger partial charge in [0.15, 0.2) is 0 Å². The Morgan fingerprint density at radius 2 is 2.20 bits per heavy atom. The molecule has 0 bridgehead atoms. The van der Waals surface area contributed by atoms with Gasteiger partial charge in [-0.2, -0.15) is 0 Å². The minimum Gasteiger partial charge on any atom is -0.383 e. The van der Waals surface area contributed by atoms with Crippen LogP contribution in [0.2, 0.25) is 0 Å². The van der Waals surface area contributed by atoms with Crippen LogP contribution in [-0.2, 0) is 11.3 Å². The number of aromatic nitrogens is 2. The van der Waals surface area contributed by atoms with Crippen molar-refractivity contribution in [3.05, 3.63) is 18.1 Å². The maximum atomic E-state index is 4.92. The van der Waals surface area contributed by atoms with Crippen LogP contribution in [0.15, 0.2) is 12.4 Å². The molecule has 0 aromatic carbocycles. The molecule has 0 atom stereocenters. The third-order valence-corrected chi connectivity index (χ3v) is 1.87. The highest BCUT2D eigenvalue weighted by Crippen LogP contribution is 2.00. The Balaban J connectivity index is 2.35. The van der Waals surface area contributed by atoms with Crippen molar-refractivity contribution in [3.63, 3.8) is 0 Å². The largest absolute Gasteiger partial charge is 0.383 e. The predicted octanol–water partition coefficient (Wildman–Crippen LogP) is 0.644. The van der Waals surface area contributed by atoms with Crippen molar-refractivity contribution < 1.29 is 4.74 Å². The highest BCUT2D eigenvalue weighted by Gasteiger charge is 1.96. The lowest BCUT2D eigenvalue weighted by Gasteiger charge is -2.05. The summed E-state index contributed by atoms with van der Waals surface area (Å²) in [4.78, 5) is 8.50. The van der Waals surface area contributed by atoms with E-state index in [1.54, 1.807) is 19.5 Å². The van der Waals surface area contributed by atoms with E-state index >= 15 is 0 Å². The summed E-state index contributed by atoms with van der Waals surface area (Å²) in [7, 11) is 1.67. The van der Waals surface area contributed by atoms with Crippen molar-refractivity contribution in [2.45, 2.75) is 13.5 Å². The van der Waals surface area contributed by atoms with Gasteiger partial charge in [-0.05, 0) is 6.54 Å². The van der Waals surface area contributed by atoms with Gasteiger partial charge in [-0.1, -0.05) is 6.92 Å². The summed E-state index contributed by atoms with van der Waals surface area (Å²) in [5, 5.41) is 6.30. The van der Waals surface area contributed by atoms with Gasteiger partial charge < -0.3 is 15.4 Å². The summed E-state index contributed by atoms with van der Waals surface area (Å²) < 4.78 is 4.92. The van der Waals surface area contributed by atoms with E-state index in [0.29, 0.717) is 6.61 Å². The first-order valence-corrected chi connectivity index (χ1v) is 5.11. The maximum absolute atomic E-state index is 4.92.